The molecule has 0 radical (unpaired) electrons. The maximum atomic E-state index is 12.6. The van der Waals surface area contributed by atoms with Crippen molar-refractivity contribution in [2.45, 2.75) is 62.9 Å². The number of hydrogen-bond donors (Lipinski definition) is 1. The third-order valence-corrected chi connectivity index (χ3v) is 7.76. The highest BCUT2D eigenvalue weighted by molar-refractivity contribution is 5.81. The molecule has 0 atom stereocenters. The molecule has 1 amide bonds. The Bertz CT molecular complexity index is 973. The molecule has 3 heterocycles. The zero-order valence-electron chi connectivity index (χ0n) is 19.6. The molecule has 1 N–H and O–H groups in total. The first-order valence-corrected chi connectivity index (χ1v) is 12.6. The van der Waals surface area contributed by atoms with Crippen LogP contribution >= 0.6 is 0 Å². The first kappa shape index (κ1) is 23.4. The number of nitrogens with zero attached hydrogens (tertiary/aromatic N) is 4. The third-order valence-electron chi connectivity index (χ3n) is 7.76. The van der Waals surface area contributed by atoms with Gasteiger partial charge < -0.3 is 10.0 Å². The predicted octanol–water partition coefficient (Wildman–Crippen LogP) is 3.62. The summed E-state index contributed by atoms with van der Waals surface area (Å²) >= 11 is 0. The summed E-state index contributed by atoms with van der Waals surface area (Å²) in [5.74, 6) is 0.872. The van der Waals surface area contributed by atoms with Crippen LogP contribution in [0.2, 0.25) is 0 Å². The van der Waals surface area contributed by atoms with Crippen LogP contribution in [-0.2, 0) is 11.2 Å². The maximum Gasteiger partial charge on any atom is 0.251 e. The third kappa shape index (κ3) is 5.33. The van der Waals surface area contributed by atoms with Gasteiger partial charge in [-0.25, -0.2) is 13.5 Å². The SMILES string of the molecule is O=C(C1CC1)N1CCC(O)(Cc2ccnn2-c2ccc(C3CCN(CC(F)F)CC3)cc2)CC1. The fourth-order valence-corrected chi connectivity index (χ4v) is 5.47. The van der Waals surface area contributed by atoms with Crippen LogP contribution in [0.4, 0.5) is 8.78 Å². The van der Waals surface area contributed by atoms with Crippen molar-refractivity contribution in [2.24, 2.45) is 5.92 Å². The topological polar surface area (TPSA) is 61.6 Å². The van der Waals surface area contributed by atoms with Crippen molar-refractivity contribution >= 4 is 5.91 Å². The van der Waals surface area contributed by atoms with E-state index in [0.717, 1.165) is 37.1 Å². The first-order valence-electron chi connectivity index (χ1n) is 12.6. The van der Waals surface area contributed by atoms with Crippen molar-refractivity contribution in [1.82, 2.24) is 19.6 Å². The number of rotatable bonds is 7. The number of carbonyl (C=O) groups is 1. The lowest BCUT2D eigenvalue weighted by Crippen LogP contribution is -2.48. The molecule has 0 unspecified atom stereocenters. The fraction of sp³-hybridized carbons (Fsp3) is 0.615. The van der Waals surface area contributed by atoms with Crippen molar-refractivity contribution in [1.29, 1.82) is 0 Å². The smallest absolute Gasteiger partial charge is 0.251 e. The number of benzene rings is 1. The Morgan fingerprint density at radius 1 is 1.03 bits per heavy atom. The highest BCUT2D eigenvalue weighted by atomic mass is 19.3. The van der Waals surface area contributed by atoms with Crippen LogP contribution in [-0.4, -0.2) is 75.3 Å². The van der Waals surface area contributed by atoms with Crippen molar-refractivity contribution in [3.05, 3.63) is 47.8 Å². The average molecular weight is 473 g/mol. The summed E-state index contributed by atoms with van der Waals surface area (Å²) in [5.41, 5.74) is 2.31. The highest BCUT2D eigenvalue weighted by Gasteiger charge is 2.39. The van der Waals surface area contributed by atoms with Crippen LogP contribution < -0.4 is 0 Å². The van der Waals surface area contributed by atoms with Gasteiger partial charge in [0.25, 0.3) is 6.43 Å². The Morgan fingerprint density at radius 2 is 1.71 bits per heavy atom. The van der Waals surface area contributed by atoms with Gasteiger partial charge in [0.05, 0.1) is 17.8 Å². The maximum absolute atomic E-state index is 12.6. The van der Waals surface area contributed by atoms with E-state index in [1.54, 1.807) is 6.20 Å². The normalized spacial score (nSPS) is 21.8. The van der Waals surface area contributed by atoms with Gasteiger partial charge in [0.2, 0.25) is 5.91 Å². The summed E-state index contributed by atoms with van der Waals surface area (Å²) in [5, 5.41) is 15.7. The molecule has 184 valence electrons. The van der Waals surface area contributed by atoms with Crippen LogP contribution in [0.15, 0.2) is 36.5 Å². The largest absolute Gasteiger partial charge is 0.389 e. The molecule has 1 aliphatic carbocycles. The molecule has 8 heteroatoms. The second-order valence-electron chi connectivity index (χ2n) is 10.3. The van der Waals surface area contributed by atoms with E-state index in [1.165, 1.54) is 5.56 Å². The van der Waals surface area contributed by atoms with E-state index in [9.17, 15) is 18.7 Å². The van der Waals surface area contributed by atoms with Gasteiger partial charge in [-0.05, 0) is 81.3 Å². The van der Waals surface area contributed by atoms with Gasteiger partial charge in [-0.1, -0.05) is 12.1 Å². The Hall–Kier alpha value is -2.32. The number of aliphatic hydroxyl groups is 1. The molecule has 1 aromatic heterocycles. The number of hydrogen-bond acceptors (Lipinski definition) is 4. The Morgan fingerprint density at radius 3 is 2.32 bits per heavy atom. The molecule has 2 aromatic rings. The van der Waals surface area contributed by atoms with E-state index in [2.05, 4.69) is 29.4 Å². The lowest BCUT2D eigenvalue weighted by molar-refractivity contribution is -0.136. The highest BCUT2D eigenvalue weighted by Crippen LogP contribution is 2.34. The van der Waals surface area contributed by atoms with Crippen molar-refractivity contribution in [2.75, 3.05) is 32.7 Å². The molecule has 3 fully saturated rings. The second-order valence-corrected chi connectivity index (χ2v) is 10.3. The average Bonchev–Trinajstić information content (AvgIpc) is 3.59. The van der Waals surface area contributed by atoms with Gasteiger partial charge in [-0.3, -0.25) is 9.69 Å². The summed E-state index contributed by atoms with van der Waals surface area (Å²) in [4.78, 5) is 16.1. The molecule has 2 saturated heterocycles. The van der Waals surface area contributed by atoms with Crippen LogP contribution in [0, 0.1) is 5.92 Å². The van der Waals surface area contributed by atoms with Crippen LogP contribution in [0.5, 0.6) is 0 Å². The van der Waals surface area contributed by atoms with E-state index in [0.29, 0.717) is 51.4 Å². The zero-order valence-corrected chi connectivity index (χ0v) is 19.6. The van der Waals surface area contributed by atoms with E-state index in [1.807, 2.05) is 20.5 Å². The van der Waals surface area contributed by atoms with Crippen LogP contribution in [0.1, 0.15) is 55.7 Å². The standard InChI is InChI=1S/C26H34F2N4O2/c27-24(28)18-30-13-8-20(9-14-30)19-3-5-22(6-4-19)32-23(7-12-29-32)17-26(34)10-15-31(16-11-26)25(33)21-1-2-21/h3-7,12,20-21,24,34H,1-2,8-11,13-18H2. The summed E-state index contributed by atoms with van der Waals surface area (Å²) in [7, 11) is 0. The van der Waals surface area contributed by atoms with Gasteiger partial charge in [-0.15, -0.1) is 0 Å². The number of alkyl halides is 2. The summed E-state index contributed by atoms with van der Waals surface area (Å²) in [6.07, 6.45) is 4.97. The quantitative estimate of drug-likeness (QED) is 0.669. The monoisotopic (exact) mass is 472 g/mol. The van der Waals surface area contributed by atoms with Crippen LogP contribution in [0.25, 0.3) is 5.69 Å². The molecule has 1 aromatic carbocycles. The Balaban J connectivity index is 1.19. The van der Waals surface area contributed by atoms with E-state index >= 15 is 0 Å². The Kier molecular flexibility index (Phi) is 6.71. The number of aromatic nitrogens is 2. The molecule has 2 aliphatic heterocycles. The minimum atomic E-state index is -2.27. The molecule has 6 nitrogen and oxygen atoms in total. The fourth-order valence-electron chi connectivity index (χ4n) is 5.47. The number of carbonyl (C=O) groups excluding carboxylic acids is 1. The van der Waals surface area contributed by atoms with Crippen LogP contribution in [0.3, 0.4) is 0 Å². The lowest BCUT2D eigenvalue weighted by Gasteiger charge is -2.38. The van der Waals surface area contributed by atoms with Crippen molar-refractivity contribution < 1.29 is 18.7 Å². The molecule has 5 rings (SSSR count). The van der Waals surface area contributed by atoms with E-state index in [-0.39, 0.29) is 18.4 Å². The second kappa shape index (κ2) is 9.74. The summed E-state index contributed by atoms with van der Waals surface area (Å²) < 4.78 is 27.1. The minimum absolute atomic E-state index is 0.130. The molecular formula is C26H34F2N4O2. The van der Waals surface area contributed by atoms with Gasteiger partial charge in [0.1, 0.15) is 0 Å². The number of piperidine rings is 2. The zero-order chi connectivity index (χ0) is 23.7. The summed E-state index contributed by atoms with van der Waals surface area (Å²) in [6, 6.07) is 10.3. The van der Waals surface area contributed by atoms with Gasteiger partial charge >= 0.3 is 0 Å². The van der Waals surface area contributed by atoms with Gasteiger partial charge in [0, 0.05) is 37.3 Å². The van der Waals surface area contributed by atoms with Gasteiger partial charge in [-0.2, -0.15) is 5.10 Å². The molecular weight excluding hydrogens is 438 g/mol. The molecule has 3 aliphatic rings. The Labute approximate surface area is 199 Å². The predicted molar refractivity (Wildman–Crippen MR) is 125 cm³/mol. The van der Waals surface area contributed by atoms with Crippen molar-refractivity contribution in [3.8, 4) is 5.69 Å². The van der Waals surface area contributed by atoms with Crippen molar-refractivity contribution in [3.63, 3.8) is 0 Å². The molecule has 1 saturated carbocycles. The van der Waals surface area contributed by atoms with E-state index < -0.39 is 12.0 Å². The number of halogens is 2. The molecule has 0 bridgehead atoms. The molecule has 34 heavy (non-hydrogen) atoms. The number of likely N-dealkylation sites (tertiary alicyclic amines) is 2. The first-order chi connectivity index (χ1) is 16.4. The number of amides is 1. The molecule has 0 spiro atoms. The summed E-state index contributed by atoms with van der Waals surface area (Å²) in [6.45, 7) is 2.52. The van der Waals surface area contributed by atoms with E-state index in [4.69, 9.17) is 0 Å². The van der Waals surface area contributed by atoms with Gasteiger partial charge in [0.15, 0.2) is 0 Å². The minimum Gasteiger partial charge on any atom is -0.389 e. The lowest BCUT2D eigenvalue weighted by atomic mass is 9.86.